The van der Waals surface area contributed by atoms with Crippen molar-refractivity contribution in [2.75, 3.05) is 19.6 Å². The maximum absolute atomic E-state index is 12.9. The molecule has 0 aromatic heterocycles. The van der Waals surface area contributed by atoms with Gasteiger partial charge in [0.05, 0.1) is 12.0 Å². The molecule has 1 saturated carbocycles. The van der Waals surface area contributed by atoms with Crippen LogP contribution < -0.4 is 0 Å². The molecule has 2 aliphatic heterocycles. The average molecular weight is 424 g/mol. The van der Waals surface area contributed by atoms with Crippen LogP contribution in [-0.2, 0) is 16.0 Å². The van der Waals surface area contributed by atoms with Crippen LogP contribution in [0.4, 0.5) is 0 Å². The lowest BCUT2D eigenvalue weighted by molar-refractivity contribution is -0.145. The summed E-state index contributed by atoms with van der Waals surface area (Å²) in [7, 11) is 0. The van der Waals surface area contributed by atoms with Gasteiger partial charge in [-0.3, -0.25) is 4.79 Å². The molecule has 0 radical (unpaired) electrons. The number of ether oxygens (including phenoxy) is 1. The third-order valence-corrected chi connectivity index (χ3v) is 9.10. The molecule has 6 atom stereocenters. The lowest BCUT2D eigenvalue weighted by Gasteiger charge is -2.52. The second kappa shape index (κ2) is 8.37. The standard InChI is InChI=1S/C27H37NO3/c1-18-7-6-10-21-16-23-24(25(29)27(18,21)2)22(26(30)31-23)17-28-13-11-20(12-14-28)15-19-8-4-3-5-9-19/h3-5,8-10,18,20,22-25,29H,6-7,11-17H2,1-2H3/t18-,22+,23+,24-,25+,27+/m0/s1. The summed E-state index contributed by atoms with van der Waals surface area (Å²) in [5.74, 6) is 0.803. The largest absolute Gasteiger partial charge is 0.461 e. The summed E-state index contributed by atoms with van der Waals surface area (Å²) in [5.41, 5.74) is 2.52. The molecule has 0 unspecified atom stereocenters. The van der Waals surface area contributed by atoms with Crippen LogP contribution >= 0.6 is 0 Å². The quantitative estimate of drug-likeness (QED) is 0.582. The maximum atomic E-state index is 12.9. The van der Waals surface area contributed by atoms with Gasteiger partial charge in [0, 0.05) is 24.3 Å². The third-order valence-electron chi connectivity index (χ3n) is 9.10. The molecule has 31 heavy (non-hydrogen) atoms. The molecule has 4 nitrogen and oxygen atoms in total. The monoisotopic (exact) mass is 423 g/mol. The van der Waals surface area contributed by atoms with Crippen LogP contribution in [0.1, 0.15) is 51.5 Å². The Morgan fingerprint density at radius 2 is 1.90 bits per heavy atom. The first-order valence-electron chi connectivity index (χ1n) is 12.3. The van der Waals surface area contributed by atoms with Crippen molar-refractivity contribution in [3.05, 3.63) is 47.5 Å². The van der Waals surface area contributed by atoms with Gasteiger partial charge in [-0.2, -0.15) is 0 Å². The summed E-state index contributed by atoms with van der Waals surface area (Å²) in [6.07, 6.45) is 8.16. The van der Waals surface area contributed by atoms with Crippen molar-refractivity contribution in [1.29, 1.82) is 0 Å². The molecule has 1 aromatic rings. The first-order valence-corrected chi connectivity index (χ1v) is 12.3. The number of esters is 1. The van der Waals surface area contributed by atoms with Crippen LogP contribution in [0.2, 0.25) is 0 Å². The Balaban J connectivity index is 1.24. The minimum atomic E-state index is -0.500. The van der Waals surface area contributed by atoms with Crippen LogP contribution in [0.5, 0.6) is 0 Å². The fourth-order valence-electron chi connectivity index (χ4n) is 6.87. The van der Waals surface area contributed by atoms with Gasteiger partial charge in [0.2, 0.25) is 0 Å². The minimum absolute atomic E-state index is 0.0720. The van der Waals surface area contributed by atoms with Crippen molar-refractivity contribution in [3.63, 3.8) is 0 Å². The highest BCUT2D eigenvalue weighted by molar-refractivity contribution is 5.76. The first-order chi connectivity index (χ1) is 15.0. The van der Waals surface area contributed by atoms with Gasteiger partial charge in [0.25, 0.3) is 0 Å². The van der Waals surface area contributed by atoms with Gasteiger partial charge in [-0.05, 0) is 62.6 Å². The molecule has 5 rings (SSSR count). The van der Waals surface area contributed by atoms with Gasteiger partial charge in [0.15, 0.2) is 0 Å². The molecule has 0 spiro atoms. The number of hydrogen-bond acceptors (Lipinski definition) is 4. The summed E-state index contributed by atoms with van der Waals surface area (Å²) in [6, 6.07) is 10.8. The Bertz CT molecular complexity index is 828. The molecule has 4 heteroatoms. The fraction of sp³-hybridized carbons (Fsp3) is 0.667. The van der Waals surface area contributed by atoms with Crippen LogP contribution in [0.15, 0.2) is 42.0 Å². The fourth-order valence-corrected chi connectivity index (χ4v) is 6.87. The number of allylic oxidation sites excluding steroid dienone is 1. The molecule has 0 bridgehead atoms. The van der Waals surface area contributed by atoms with Gasteiger partial charge in [-0.15, -0.1) is 0 Å². The Hall–Kier alpha value is -1.65. The van der Waals surface area contributed by atoms with Gasteiger partial charge < -0.3 is 14.7 Å². The number of fused-ring (bicyclic) bond motifs is 2. The zero-order chi connectivity index (χ0) is 21.6. The minimum Gasteiger partial charge on any atom is -0.461 e. The molecule has 1 aromatic carbocycles. The summed E-state index contributed by atoms with van der Waals surface area (Å²) in [6.45, 7) is 7.29. The molecule has 1 N–H and O–H groups in total. The summed E-state index contributed by atoms with van der Waals surface area (Å²) >= 11 is 0. The van der Waals surface area contributed by atoms with Gasteiger partial charge in [-0.1, -0.05) is 55.8 Å². The molecule has 3 fully saturated rings. The van der Waals surface area contributed by atoms with E-state index in [0.29, 0.717) is 5.92 Å². The van der Waals surface area contributed by atoms with Crippen molar-refractivity contribution >= 4 is 5.97 Å². The molecule has 4 aliphatic rings. The van der Waals surface area contributed by atoms with E-state index in [-0.39, 0.29) is 29.3 Å². The highest BCUT2D eigenvalue weighted by atomic mass is 16.6. The number of rotatable bonds is 4. The van der Waals surface area contributed by atoms with Crippen LogP contribution in [0, 0.1) is 29.1 Å². The second-order valence-electron chi connectivity index (χ2n) is 10.7. The molecule has 168 valence electrons. The molecule has 2 aliphatic carbocycles. The molecule has 0 amide bonds. The Morgan fingerprint density at radius 1 is 1.16 bits per heavy atom. The van der Waals surface area contributed by atoms with Gasteiger partial charge >= 0.3 is 5.97 Å². The van der Waals surface area contributed by atoms with Crippen molar-refractivity contribution < 1.29 is 14.6 Å². The van der Waals surface area contributed by atoms with E-state index in [1.54, 1.807) is 0 Å². The summed E-state index contributed by atoms with van der Waals surface area (Å²) < 4.78 is 5.85. The van der Waals surface area contributed by atoms with Crippen LogP contribution in [0.3, 0.4) is 0 Å². The second-order valence-corrected chi connectivity index (χ2v) is 10.7. The number of likely N-dealkylation sites (tertiary alicyclic amines) is 1. The Labute approximate surface area is 186 Å². The lowest BCUT2D eigenvalue weighted by Crippen LogP contribution is -2.55. The normalized spacial score (nSPS) is 38.9. The van der Waals surface area contributed by atoms with Crippen LogP contribution in [0.25, 0.3) is 0 Å². The number of aliphatic hydroxyl groups is 1. The Kier molecular flexibility index (Phi) is 5.72. The van der Waals surface area contributed by atoms with E-state index in [4.69, 9.17) is 4.74 Å². The van der Waals surface area contributed by atoms with E-state index in [1.807, 2.05) is 0 Å². The number of benzene rings is 1. The summed E-state index contributed by atoms with van der Waals surface area (Å²) in [5, 5.41) is 11.5. The van der Waals surface area contributed by atoms with E-state index in [0.717, 1.165) is 51.2 Å². The van der Waals surface area contributed by atoms with E-state index >= 15 is 0 Å². The lowest BCUT2D eigenvalue weighted by atomic mass is 9.55. The number of piperidine rings is 1. The van der Waals surface area contributed by atoms with Gasteiger partial charge in [-0.25, -0.2) is 0 Å². The predicted molar refractivity (Wildman–Crippen MR) is 121 cm³/mol. The van der Waals surface area contributed by atoms with Gasteiger partial charge in [0.1, 0.15) is 6.10 Å². The molecular weight excluding hydrogens is 386 g/mol. The number of nitrogens with zero attached hydrogens (tertiary/aromatic N) is 1. The number of carbonyl (C=O) groups is 1. The molecule has 2 heterocycles. The highest BCUT2D eigenvalue weighted by Gasteiger charge is 2.59. The Morgan fingerprint density at radius 3 is 2.65 bits per heavy atom. The zero-order valence-corrected chi connectivity index (χ0v) is 19.0. The number of hydrogen-bond donors (Lipinski definition) is 1. The predicted octanol–water partition coefficient (Wildman–Crippen LogP) is 4.23. The van der Waals surface area contributed by atoms with E-state index in [2.05, 4.69) is 55.2 Å². The van der Waals surface area contributed by atoms with E-state index < -0.39 is 6.10 Å². The number of aliphatic hydroxyl groups excluding tert-OH is 1. The van der Waals surface area contributed by atoms with E-state index in [9.17, 15) is 9.90 Å². The van der Waals surface area contributed by atoms with Crippen molar-refractivity contribution in [1.82, 2.24) is 4.90 Å². The van der Waals surface area contributed by atoms with Crippen molar-refractivity contribution in [2.24, 2.45) is 29.1 Å². The third kappa shape index (κ3) is 3.76. The average Bonchev–Trinajstić information content (AvgIpc) is 3.07. The maximum Gasteiger partial charge on any atom is 0.311 e. The highest BCUT2D eigenvalue weighted by Crippen LogP contribution is 2.56. The molecule has 2 saturated heterocycles. The van der Waals surface area contributed by atoms with Crippen molar-refractivity contribution in [2.45, 2.75) is 64.6 Å². The zero-order valence-electron chi connectivity index (χ0n) is 19.0. The molecular formula is C27H37NO3. The summed E-state index contributed by atoms with van der Waals surface area (Å²) in [4.78, 5) is 15.3. The van der Waals surface area contributed by atoms with E-state index in [1.165, 1.54) is 24.0 Å². The first kappa shape index (κ1) is 21.2. The number of carbonyl (C=O) groups excluding carboxylic acids is 1. The smallest absolute Gasteiger partial charge is 0.311 e. The van der Waals surface area contributed by atoms with Crippen molar-refractivity contribution in [3.8, 4) is 0 Å². The topological polar surface area (TPSA) is 49.8 Å². The van der Waals surface area contributed by atoms with Crippen LogP contribution in [-0.4, -0.2) is 47.8 Å². The SMILES string of the molecule is C[C@H]1CCC=C2C[C@H]3OC(=O)[C@H](CN4CCC(Cc5ccccc5)CC4)[C@@H]3[C@@H](O)[C@@]21C.